The van der Waals surface area contributed by atoms with Crippen molar-refractivity contribution in [2.45, 2.75) is 12.3 Å². The van der Waals surface area contributed by atoms with Gasteiger partial charge in [-0.25, -0.2) is 4.39 Å². The molecule has 0 N–H and O–H groups in total. The maximum atomic E-state index is 13.1. The van der Waals surface area contributed by atoms with Crippen molar-refractivity contribution in [1.82, 2.24) is 0 Å². The van der Waals surface area contributed by atoms with Crippen LogP contribution in [0.25, 0.3) is 0 Å². The van der Waals surface area contributed by atoms with Crippen LogP contribution >= 0.6 is 11.6 Å². The molecule has 2 aromatic rings. The normalized spacial score (nSPS) is 12.1. The Morgan fingerprint density at radius 2 is 1.94 bits per heavy atom. The van der Waals surface area contributed by atoms with Crippen LogP contribution in [0.15, 0.2) is 48.5 Å². The van der Waals surface area contributed by atoms with E-state index in [4.69, 9.17) is 11.6 Å². The summed E-state index contributed by atoms with van der Waals surface area (Å²) >= 11 is 5.89. The van der Waals surface area contributed by atoms with Crippen molar-refractivity contribution in [2.24, 2.45) is 0 Å². The fraction of sp³-hybridized carbons (Fsp3) is 0.133. The third kappa shape index (κ3) is 3.17. The number of hydrogen-bond donors (Lipinski definition) is 0. The minimum Gasteiger partial charge on any atom is -0.303 e. The lowest BCUT2D eigenvalue weighted by molar-refractivity contribution is -0.109. The quantitative estimate of drug-likeness (QED) is 0.761. The van der Waals surface area contributed by atoms with Crippen LogP contribution in [0, 0.1) is 5.82 Å². The maximum absolute atomic E-state index is 13.1. The predicted molar refractivity (Wildman–Crippen MR) is 70.4 cm³/mol. The van der Waals surface area contributed by atoms with Crippen molar-refractivity contribution in [3.8, 4) is 0 Å². The largest absolute Gasteiger partial charge is 0.303 e. The molecule has 0 aliphatic carbocycles. The molecule has 0 fully saturated rings. The minimum absolute atomic E-state index is 0.328. The first kappa shape index (κ1) is 12.8. The monoisotopic (exact) mass is 262 g/mol. The molecule has 0 amide bonds. The lowest BCUT2D eigenvalue weighted by Gasteiger charge is -2.11. The fourth-order valence-electron chi connectivity index (χ4n) is 1.90. The molecule has 0 aromatic heterocycles. The van der Waals surface area contributed by atoms with Crippen molar-refractivity contribution in [3.05, 3.63) is 70.5 Å². The van der Waals surface area contributed by atoms with Gasteiger partial charge in [0.05, 0.1) is 0 Å². The fourth-order valence-corrected chi connectivity index (χ4v) is 2.11. The second-order valence-corrected chi connectivity index (χ2v) is 4.57. The van der Waals surface area contributed by atoms with E-state index in [1.54, 1.807) is 18.2 Å². The van der Waals surface area contributed by atoms with E-state index in [2.05, 4.69) is 0 Å². The van der Waals surface area contributed by atoms with E-state index in [1.165, 1.54) is 12.1 Å². The highest BCUT2D eigenvalue weighted by Gasteiger charge is 2.12. The Hall–Kier alpha value is -1.67. The number of hydrogen-bond acceptors (Lipinski definition) is 1. The molecule has 0 heterocycles. The Balaban J connectivity index is 2.22. The molecule has 0 saturated carbocycles. The first-order chi connectivity index (χ1) is 8.69. The van der Waals surface area contributed by atoms with Crippen LogP contribution in [-0.4, -0.2) is 6.29 Å². The Bertz CT molecular complexity index is 554. The van der Waals surface area contributed by atoms with E-state index in [0.29, 0.717) is 17.0 Å². The molecule has 0 aliphatic heterocycles. The average molecular weight is 263 g/mol. The molecule has 0 bridgehead atoms. The summed E-state index contributed by atoms with van der Waals surface area (Å²) in [5.74, 6) is -0.676. The zero-order chi connectivity index (χ0) is 13.0. The molecule has 92 valence electrons. The predicted octanol–water partition coefficient (Wildman–Crippen LogP) is 4.00. The Labute approximate surface area is 110 Å². The van der Waals surface area contributed by atoms with Gasteiger partial charge in [-0.2, -0.15) is 0 Å². The topological polar surface area (TPSA) is 17.1 Å². The van der Waals surface area contributed by atoms with E-state index >= 15 is 0 Å². The van der Waals surface area contributed by atoms with Gasteiger partial charge in [0.1, 0.15) is 12.1 Å². The number of rotatable bonds is 4. The van der Waals surface area contributed by atoms with Crippen LogP contribution in [0.3, 0.4) is 0 Å². The van der Waals surface area contributed by atoms with E-state index in [9.17, 15) is 9.18 Å². The van der Waals surface area contributed by atoms with Crippen LogP contribution in [0.5, 0.6) is 0 Å². The summed E-state index contributed by atoms with van der Waals surface area (Å²) in [5.41, 5.74) is 1.65. The number of carbonyl (C=O) groups is 1. The first-order valence-corrected chi connectivity index (χ1v) is 6.02. The average Bonchev–Trinajstić information content (AvgIpc) is 2.36. The summed E-state index contributed by atoms with van der Waals surface area (Å²) in [6.07, 6.45) is 1.36. The highest BCUT2D eigenvalue weighted by molar-refractivity contribution is 6.30. The summed E-state index contributed by atoms with van der Waals surface area (Å²) in [6, 6.07) is 13.5. The summed E-state index contributed by atoms with van der Waals surface area (Å²) < 4.78 is 13.1. The molecule has 1 nitrogen and oxygen atoms in total. The van der Waals surface area contributed by atoms with Gasteiger partial charge in [-0.1, -0.05) is 35.9 Å². The molecule has 0 radical (unpaired) electrons. The molecule has 2 rings (SSSR count). The molecule has 3 heteroatoms. The second-order valence-electron chi connectivity index (χ2n) is 4.13. The van der Waals surface area contributed by atoms with Gasteiger partial charge in [-0.05, 0) is 41.8 Å². The Morgan fingerprint density at radius 3 is 2.61 bits per heavy atom. The zero-order valence-corrected chi connectivity index (χ0v) is 10.4. The smallest absolute Gasteiger partial charge is 0.127 e. The highest BCUT2D eigenvalue weighted by Crippen LogP contribution is 2.21. The van der Waals surface area contributed by atoms with Gasteiger partial charge >= 0.3 is 0 Å². The van der Waals surface area contributed by atoms with E-state index < -0.39 is 0 Å². The standard InChI is InChI=1S/C15H12ClFO/c16-14-5-1-3-11(8-14)7-13(10-18)12-4-2-6-15(17)9-12/h1-6,8-10,13H,7H2. The van der Waals surface area contributed by atoms with E-state index in [1.807, 2.05) is 18.2 Å². The summed E-state index contributed by atoms with van der Waals surface area (Å²) in [4.78, 5) is 11.2. The van der Waals surface area contributed by atoms with Crippen molar-refractivity contribution in [3.63, 3.8) is 0 Å². The molecule has 0 spiro atoms. The molecule has 18 heavy (non-hydrogen) atoms. The van der Waals surface area contributed by atoms with Gasteiger partial charge in [0, 0.05) is 10.9 Å². The summed E-state index contributed by atoms with van der Waals surface area (Å²) in [7, 11) is 0. The van der Waals surface area contributed by atoms with Crippen LogP contribution in [-0.2, 0) is 11.2 Å². The van der Waals surface area contributed by atoms with Gasteiger partial charge in [0.2, 0.25) is 0 Å². The Morgan fingerprint density at radius 1 is 1.17 bits per heavy atom. The Kier molecular flexibility index (Phi) is 4.11. The number of benzene rings is 2. The molecule has 1 atom stereocenters. The van der Waals surface area contributed by atoms with E-state index in [0.717, 1.165) is 11.8 Å². The second kappa shape index (κ2) is 5.78. The zero-order valence-electron chi connectivity index (χ0n) is 9.64. The number of halogens is 2. The third-order valence-corrected chi connectivity index (χ3v) is 3.02. The van der Waals surface area contributed by atoms with Crippen LogP contribution < -0.4 is 0 Å². The van der Waals surface area contributed by atoms with Gasteiger partial charge in [0.25, 0.3) is 0 Å². The van der Waals surface area contributed by atoms with Crippen molar-refractivity contribution >= 4 is 17.9 Å². The first-order valence-electron chi connectivity index (χ1n) is 5.64. The highest BCUT2D eigenvalue weighted by atomic mass is 35.5. The van der Waals surface area contributed by atoms with Gasteiger partial charge in [-0.15, -0.1) is 0 Å². The minimum atomic E-state index is -0.348. The molecular weight excluding hydrogens is 251 g/mol. The van der Waals surface area contributed by atoms with Crippen molar-refractivity contribution in [2.75, 3.05) is 0 Å². The summed E-state index contributed by atoms with van der Waals surface area (Å²) in [6.45, 7) is 0. The summed E-state index contributed by atoms with van der Waals surface area (Å²) in [5, 5.41) is 0.636. The van der Waals surface area contributed by atoms with Gasteiger partial charge in [-0.3, -0.25) is 0 Å². The van der Waals surface area contributed by atoms with Gasteiger partial charge < -0.3 is 4.79 Å². The lowest BCUT2D eigenvalue weighted by atomic mass is 9.93. The third-order valence-electron chi connectivity index (χ3n) is 2.79. The lowest BCUT2D eigenvalue weighted by Crippen LogP contribution is -2.04. The van der Waals surface area contributed by atoms with Crippen LogP contribution in [0.4, 0.5) is 4.39 Å². The molecule has 0 saturated heterocycles. The number of aldehydes is 1. The number of carbonyl (C=O) groups excluding carboxylic acids is 1. The van der Waals surface area contributed by atoms with Crippen LogP contribution in [0.2, 0.25) is 5.02 Å². The SMILES string of the molecule is O=CC(Cc1cccc(Cl)c1)c1cccc(F)c1. The molecular formula is C15H12ClFO. The molecule has 2 aromatic carbocycles. The maximum Gasteiger partial charge on any atom is 0.127 e. The van der Waals surface area contributed by atoms with Gasteiger partial charge in [0.15, 0.2) is 0 Å². The van der Waals surface area contributed by atoms with E-state index in [-0.39, 0.29) is 11.7 Å². The molecule has 1 unspecified atom stereocenters. The van der Waals surface area contributed by atoms with Crippen molar-refractivity contribution < 1.29 is 9.18 Å². The van der Waals surface area contributed by atoms with Crippen LogP contribution in [0.1, 0.15) is 17.0 Å². The van der Waals surface area contributed by atoms with Crippen molar-refractivity contribution in [1.29, 1.82) is 0 Å². The molecule has 0 aliphatic rings.